The molecule has 7 heteroatoms. The number of nitrogens with zero attached hydrogens (tertiary/aromatic N) is 1. The van der Waals surface area contributed by atoms with Crippen molar-refractivity contribution in [1.82, 2.24) is 9.62 Å². The van der Waals surface area contributed by atoms with Crippen molar-refractivity contribution < 1.29 is 17.9 Å². The largest absolute Gasteiger partial charge is 0.468 e. The lowest BCUT2D eigenvalue weighted by molar-refractivity contribution is -0.142. The van der Waals surface area contributed by atoms with E-state index in [2.05, 4.69) is 10.1 Å². The van der Waals surface area contributed by atoms with Crippen molar-refractivity contribution in [2.24, 2.45) is 0 Å². The SMILES string of the molecule is CCCS(=O)(=O)N1CCC(NC(C)C(=O)OC)CC1. The van der Waals surface area contributed by atoms with Crippen LogP contribution in [0.5, 0.6) is 0 Å². The van der Waals surface area contributed by atoms with Gasteiger partial charge in [-0.3, -0.25) is 4.79 Å². The number of rotatable bonds is 6. The Labute approximate surface area is 115 Å². The molecule has 0 aliphatic carbocycles. The molecule has 1 rings (SSSR count). The topological polar surface area (TPSA) is 75.7 Å². The van der Waals surface area contributed by atoms with Gasteiger partial charge in [-0.15, -0.1) is 0 Å². The summed E-state index contributed by atoms with van der Waals surface area (Å²) in [5, 5.41) is 3.18. The number of carbonyl (C=O) groups is 1. The van der Waals surface area contributed by atoms with Crippen LogP contribution in [0.4, 0.5) is 0 Å². The number of piperidine rings is 1. The Balaban J connectivity index is 2.43. The van der Waals surface area contributed by atoms with Gasteiger partial charge in [-0.1, -0.05) is 6.92 Å². The van der Waals surface area contributed by atoms with Crippen LogP contribution >= 0.6 is 0 Å². The standard InChI is InChI=1S/C12H24N2O4S/c1-4-9-19(16,17)14-7-5-11(6-8-14)13-10(2)12(15)18-3/h10-11,13H,4-9H2,1-3H3. The zero-order valence-electron chi connectivity index (χ0n) is 11.9. The highest BCUT2D eigenvalue weighted by molar-refractivity contribution is 7.89. The average Bonchev–Trinajstić information content (AvgIpc) is 2.38. The minimum absolute atomic E-state index is 0.169. The lowest BCUT2D eigenvalue weighted by atomic mass is 10.1. The van der Waals surface area contributed by atoms with Gasteiger partial charge in [-0.05, 0) is 26.2 Å². The van der Waals surface area contributed by atoms with E-state index in [1.807, 2.05) is 6.92 Å². The van der Waals surface area contributed by atoms with Crippen LogP contribution in [-0.4, -0.2) is 56.7 Å². The van der Waals surface area contributed by atoms with E-state index in [4.69, 9.17) is 0 Å². The average molecular weight is 292 g/mol. The molecule has 112 valence electrons. The van der Waals surface area contributed by atoms with Crippen LogP contribution in [0.2, 0.25) is 0 Å². The molecule has 0 aromatic carbocycles. The monoisotopic (exact) mass is 292 g/mol. The fourth-order valence-corrected chi connectivity index (χ4v) is 3.83. The summed E-state index contributed by atoms with van der Waals surface area (Å²) >= 11 is 0. The summed E-state index contributed by atoms with van der Waals surface area (Å²) in [6.45, 7) is 4.66. The van der Waals surface area contributed by atoms with Crippen LogP contribution in [0.1, 0.15) is 33.1 Å². The van der Waals surface area contributed by atoms with Gasteiger partial charge in [0.25, 0.3) is 0 Å². The molecular formula is C12H24N2O4S. The van der Waals surface area contributed by atoms with Gasteiger partial charge in [0.05, 0.1) is 12.9 Å². The van der Waals surface area contributed by atoms with E-state index in [9.17, 15) is 13.2 Å². The summed E-state index contributed by atoms with van der Waals surface area (Å²) < 4.78 is 30.0. The van der Waals surface area contributed by atoms with Crippen LogP contribution < -0.4 is 5.32 Å². The summed E-state index contributed by atoms with van der Waals surface area (Å²) in [5.41, 5.74) is 0. The van der Waals surface area contributed by atoms with E-state index in [0.29, 0.717) is 19.5 Å². The summed E-state index contributed by atoms with van der Waals surface area (Å²) in [7, 11) is -1.73. The molecule has 1 heterocycles. The fourth-order valence-electron chi connectivity index (χ4n) is 2.29. The molecule has 0 aromatic rings. The van der Waals surface area contributed by atoms with Crippen molar-refractivity contribution in [2.45, 2.75) is 45.2 Å². The van der Waals surface area contributed by atoms with Gasteiger partial charge in [0.1, 0.15) is 6.04 Å². The molecule has 0 radical (unpaired) electrons. The maximum Gasteiger partial charge on any atom is 0.322 e. The number of hydrogen-bond acceptors (Lipinski definition) is 5. The Morgan fingerprint density at radius 1 is 1.42 bits per heavy atom. The first-order valence-corrected chi connectivity index (χ1v) is 8.33. The molecule has 0 aromatic heterocycles. The molecule has 0 bridgehead atoms. The Morgan fingerprint density at radius 3 is 2.47 bits per heavy atom. The van der Waals surface area contributed by atoms with E-state index >= 15 is 0 Å². The molecule has 1 fully saturated rings. The zero-order valence-corrected chi connectivity index (χ0v) is 12.7. The summed E-state index contributed by atoms with van der Waals surface area (Å²) in [6, 6.07) is -0.184. The second-order valence-corrected chi connectivity index (χ2v) is 6.99. The van der Waals surface area contributed by atoms with Crippen LogP contribution in [0.3, 0.4) is 0 Å². The molecule has 1 aliphatic heterocycles. The molecule has 1 unspecified atom stereocenters. The Bertz CT molecular complexity index is 389. The molecule has 1 saturated heterocycles. The first kappa shape index (κ1) is 16.4. The van der Waals surface area contributed by atoms with Crippen molar-refractivity contribution in [3.05, 3.63) is 0 Å². The van der Waals surface area contributed by atoms with Crippen LogP contribution in [0.25, 0.3) is 0 Å². The lowest BCUT2D eigenvalue weighted by Gasteiger charge is -2.32. The molecule has 0 amide bonds. The van der Waals surface area contributed by atoms with Gasteiger partial charge in [-0.2, -0.15) is 0 Å². The Kier molecular flexibility index (Phi) is 6.22. The Hall–Kier alpha value is -0.660. The normalized spacial score (nSPS) is 20.2. The number of nitrogens with one attached hydrogen (secondary N) is 1. The zero-order chi connectivity index (χ0) is 14.5. The molecular weight excluding hydrogens is 268 g/mol. The third kappa shape index (κ3) is 4.74. The van der Waals surface area contributed by atoms with Crippen molar-refractivity contribution in [2.75, 3.05) is 26.0 Å². The van der Waals surface area contributed by atoms with Gasteiger partial charge in [0, 0.05) is 19.1 Å². The third-order valence-electron chi connectivity index (χ3n) is 3.35. The predicted octanol–water partition coefficient (Wildman–Crippen LogP) is 0.342. The third-order valence-corrected chi connectivity index (χ3v) is 5.43. The maximum atomic E-state index is 11.9. The smallest absolute Gasteiger partial charge is 0.322 e. The molecule has 1 atom stereocenters. The van der Waals surface area contributed by atoms with E-state index in [-0.39, 0.29) is 23.8 Å². The van der Waals surface area contributed by atoms with Crippen LogP contribution in [0, 0.1) is 0 Å². The maximum absolute atomic E-state index is 11.9. The van der Waals surface area contributed by atoms with E-state index in [0.717, 1.165) is 12.8 Å². The molecule has 1 aliphatic rings. The predicted molar refractivity (Wildman–Crippen MR) is 73.3 cm³/mol. The summed E-state index contributed by atoms with van der Waals surface area (Å²) in [5.74, 6) is -0.0787. The van der Waals surface area contributed by atoms with Crippen LogP contribution in [0.15, 0.2) is 0 Å². The quantitative estimate of drug-likeness (QED) is 0.715. The molecule has 19 heavy (non-hydrogen) atoms. The lowest BCUT2D eigenvalue weighted by Crippen LogP contribution is -2.49. The number of carbonyl (C=O) groups excluding carboxylic acids is 1. The second-order valence-electron chi connectivity index (χ2n) is 4.90. The van der Waals surface area contributed by atoms with Gasteiger partial charge in [0.15, 0.2) is 0 Å². The molecule has 0 spiro atoms. The minimum Gasteiger partial charge on any atom is -0.468 e. The number of sulfonamides is 1. The summed E-state index contributed by atoms with van der Waals surface area (Å²) in [4.78, 5) is 11.3. The van der Waals surface area contributed by atoms with E-state index in [1.165, 1.54) is 7.11 Å². The van der Waals surface area contributed by atoms with Gasteiger partial charge in [0.2, 0.25) is 10.0 Å². The van der Waals surface area contributed by atoms with Crippen molar-refractivity contribution in [3.8, 4) is 0 Å². The molecule has 1 N–H and O–H groups in total. The minimum atomic E-state index is -3.09. The van der Waals surface area contributed by atoms with Crippen molar-refractivity contribution in [3.63, 3.8) is 0 Å². The van der Waals surface area contributed by atoms with Gasteiger partial charge >= 0.3 is 5.97 Å². The molecule has 6 nitrogen and oxygen atoms in total. The van der Waals surface area contributed by atoms with E-state index in [1.54, 1.807) is 11.2 Å². The first-order chi connectivity index (χ1) is 8.90. The van der Waals surface area contributed by atoms with E-state index < -0.39 is 10.0 Å². The highest BCUT2D eigenvalue weighted by atomic mass is 32.2. The van der Waals surface area contributed by atoms with Crippen molar-refractivity contribution in [1.29, 1.82) is 0 Å². The first-order valence-electron chi connectivity index (χ1n) is 6.72. The Morgan fingerprint density at radius 2 is 2.00 bits per heavy atom. The van der Waals surface area contributed by atoms with Gasteiger partial charge < -0.3 is 10.1 Å². The van der Waals surface area contributed by atoms with Crippen molar-refractivity contribution >= 4 is 16.0 Å². The number of methoxy groups -OCH3 is 1. The highest BCUT2D eigenvalue weighted by Gasteiger charge is 2.28. The highest BCUT2D eigenvalue weighted by Crippen LogP contribution is 2.15. The van der Waals surface area contributed by atoms with Gasteiger partial charge in [-0.25, -0.2) is 12.7 Å². The number of ether oxygens (including phenoxy) is 1. The molecule has 0 saturated carbocycles. The van der Waals surface area contributed by atoms with Crippen LogP contribution in [-0.2, 0) is 19.6 Å². The second kappa shape index (κ2) is 7.21. The summed E-state index contributed by atoms with van der Waals surface area (Å²) in [6.07, 6.45) is 2.09. The number of hydrogen-bond donors (Lipinski definition) is 1. The number of esters is 1. The fraction of sp³-hybridized carbons (Fsp3) is 0.917.